The summed E-state index contributed by atoms with van der Waals surface area (Å²) in [6.45, 7) is 0. The molecule has 110 valence electrons. The van der Waals surface area contributed by atoms with Gasteiger partial charge in [0.2, 0.25) is 0 Å². The summed E-state index contributed by atoms with van der Waals surface area (Å²) in [7, 11) is 0. The fraction of sp³-hybridized carbons (Fsp3) is 0.467. The number of rotatable bonds is 9. The topological polar surface area (TPSA) is 101 Å². The molecule has 0 amide bonds. The fourth-order valence-corrected chi connectivity index (χ4v) is 1.92. The minimum absolute atomic E-state index is 0.0623. The van der Waals surface area contributed by atoms with Crippen LogP contribution in [0.3, 0.4) is 0 Å². The van der Waals surface area contributed by atoms with Gasteiger partial charge in [0.1, 0.15) is 11.8 Å². The molecule has 0 aliphatic carbocycles. The monoisotopic (exact) mass is 279 g/mol. The molecule has 1 aromatic carbocycles. The molecule has 1 atom stereocenters. The number of hydrogen-bond donors (Lipinski definition) is 3. The summed E-state index contributed by atoms with van der Waals surface area (Å²) in [5, 5.41) is 17.7. The lowest BCUT2D eigenvalue weighted by molar-refractivity contribution is -0.138. The molecule has 1 aromatic rings. The Balaban J connectivity index is 2.14. The number of phenolic OH excluding ortho intramolecular Hbond substituents is 1. The normalized spacial score (nSPS) is 12.1. The maximum Gasteiger partial charge on any atom is 0.320 e. The van der Waals surface area contributed by atoms with E-state index >= 15 is 0 Å². The van der Waals surface area contributed by atoms with Gasteiger partial charge in [0.25, 0.3) is 0 Å². The van der Waals surface area contributed by atoms with Crippen LogP contribution in [0.5, 0.6) is 5.75 Å². The summed E-state index contributed by atoms with van der Waals surface area (Å²) in [5.41, 5.74) is 6.00. The van der Waals surface area contributed by atoms with Crippen molar-refractivity contribution in [3.8, 4) is 5.75 Å². The molecule has 0 bridgehead atoms. The van der Waals surface area contributed by atoms with Crippen molar-refractivity contribution in [1.29, 1.82) is 0 Å². The highest BCUT2D eigenvalue weighted by molar-refractivity contribution is 5.96. The average molecular weight is 279 g/mol. The van der Waals surface area contributed by atoms with Crippen LogP contribution >= 0.6 is 0 Å². The standard InChI is InChI=1S/C15H21NO4/c16-13(15(19)20)5-3-1-2-4-6-14(18)11-7-9-12(17)10-8-11/h7-10,13,17H,1-6,16H2,(H,19,20). The number of nitrogens with two attached hydrogens (primary N) is 1. The summed E-state index contributed by atoms with van der Waals surface area (Å²) in [6.07, 6.45) is 4.25. The summed E-state index contributed by atoms with van der Waals surface area (Å²) >= 11 is 0. The first-order valence-electron chi connectivity index (χ1n) is 6.81. The molecule has 4 N–H and O–H groups in total. The van der Waals surface area contributed by atoms with Gasteiger partial charge in [-0.05, 0) is 37.1 Å². The molecule has 1 rings (SSSR count). The van der Waals surface area contributed by atoms with E-state index in [2.05, 4.69) is 0 Å². The Labute approximate surface area is 118 Å². The molecule has 0 aromatic heterocycles. The molecule has 0 heterocycles. The lowest BCUT2D eigenvalue weighted by atomic mass is 10.0. The van der Waals surface area contributed by atoms with Gasteiger partial charge in [0.05, 0.1) is 0 Å². The smallest absolute Gasteiger partial charge is 0.320 e. The first-order valence-corrected chi connectivity index (χ1v) is 6.81. The summed E-state index contributed by atoms with van der Waals surface area (Å²) in [6, 6.07) is 5.45. The van der Waals surface area contributed by atoms with E-state index in [1.54, 1.807) is 12.1 Å². The molecule has 20 heavy (non-hydrogen) atoms. The molecular formula is C15H21NO4. The van der Waals surface area contributed by atoms with Crippen molar-refractivity contribution in [2.45, 2.75) is 44.6 Å². The predicted octanol–water partition coefficient (Wildman–Crippen LogP) is 2.33. The fourth-order valence-electron chi connectivity index (χ4n) is 1.92. The molecule has 0 aliphatic rings. The van der Waals surface area contributed by atoms with Crippen LogP contribution < -0.4 is 5.73 Å². The Hall–Kier alpha value is -1.88. The minimum Gasteiger partial charge on any atom is -0.508 e. The van der Waals surface area contributed by atoms with Crippen LogP contribution in [0.15, 0.2) is 24.3 Å². The first-order chi connectivity index (χ1) is 9.50. The van der Waals surface area contributed by atoms with Crippen molar-refractivity contribution in [3.05, 3.63) is 29.8 Å². The third kappa shape index (κ3) is 5.84. The average Bonchev–Trinajstić information content (AvgIpc) is 2.42. The lowest BCUT2D eigenvalue weighted by Crippen LogP contribution is -2.29. The van der Waals surface area contributed by atoms with E-state index in [0.717, 1.165) is 25.7 Å². The lowest BCUT2D eigenvalue weighted by Gasteiger charge is -2.05. The Bertz CT molecular complexity index is 442. The Kier molecular flexibility index (Phi) is 6.73. The number of phenols is 1. The molecule has 5 nitrogen and oxygen atoms in total. The third-order valence-corrected chi connectivity index (χ3v) is 3.18. The van der Waals surface area contributed by atoms with E-state index in [-0.39, 0.29) is 11.5 Å². The maximum atomic E-state index is 11.8. The summed E-state index contributed by atoms with van der Waals surface area (Å²) < 4.78 is 0. The van der Waals surface area contributed by atoms with E-state index < -0.39 is 12.0 Å². The van der Waals surface area contributed by atoms with E-state index in [1.807, 2.05) is 0 Å². The summed E-state index contributed by atoms with van der Waals surface area (Å²) in [4.78, 5) is 22.3. The predicted molar refractivity (Wildman–Crippen MR) is 75.8 cm³/mol. The maximum absolute atomic E-state index is 11.8. The molecule has 0 saturated carbocycles. The number of Topliss-reactive ketones (excluding diaryl/α,β-unsaturated/α-hetero) is 1. The highest BCUT2D eigenvalue weighted by Crippen LogP contribution is 2.14. The van der Waals surface area contributed by atoms with Gasteiger partial charge in [-0.25, -0.2) is 0 Å². The second-order valence-corrected chi connectivity index (χ2v) is 4.87. The van der Waals surface area contributed by atoms with Crippen LogP contribution in [0, 0.1) is 0 Å². The zero-order chi connectivity index (χ0) is 15.0. The number of carboxylic acid groups (broad SMARTS) is 1. The highest BCUT2D eigenvalue weighted by Gasteiger charge is 2.10. The second kappa shape index (κ2) is 8.32. The minimum atomic E-state index is -0.965. The van der Waals surface area contributed by atoms with Crippen molar-refractivity contribution >= 4 is 11.8 Å². The molecule has 5 heteroatoms. The van der Waals surface area contributed by atoms with Crippen molar-refractivity contribution in [2.24, 2.45) is 5.73 Å². The molecule has 1 unspecified atom stereocenters. The van der Waals surface area contributed by atoms with Gasteiger partial charge >= 0.3 is 5.97 Å². The quantitative estimate of drug-likeness (QED) is 0.476. The molecule has 0 spiro atoms. The molecule has 0 aliphatic heterocycles. The van der Waals surface area contributed by atoms with E-state index in [0.29, 0.717) is 18.4 Å². The largest absolute Gasteiger partial charge is 0.508 e. The van der Waals surface area contributed by atoms with Gasteiger partial charge in [-0.15, -0.1) is 0 Å². The SMILES string of the molecule is NC(CCCCCCC(=O)c1ccc(O)cc1)C(=O)O. The Morgan fingerprint density at radius 1 is 1.05 bits per heavy atom. The van der Waals surface area contributed by atoms with Crippen molar-refractivity contribution in [3.63, 3.8) is 0 Å². The van der Waals surface area contributed by atoms with Crippen molar-refractivity contribution in [1.82, 2.24) is 0 Å². The van der Waals surface area contributed by atoms with Gasteiger partial charge < -0.3 is 15.9 Å². The highest BCUT2D eigenvalue weighted by atomic mass is 16.4. The van der Waals surface area contributed by atoms with E-state index in [1.165, 1.54) is 12.1 Å². The second-order valence-electron chi connectivity index (χ2n) is 4.87. The third-order valence-electron chi connectivity index (χ3n) is 3.18. The van der Waals surface area contributed by atoms with Crippen molar-refractivity contribution < 1.29 is 19.8 Å². The van der Waals surface area contributed by atoms with E-state index in [9.17, 15) is 9.59 Å². The molecule has 0 saturated heterocycles. The van der Waals surface area contributed by atoms with Gasteiger partial charge in [-0.1, -0.05) is 19.3 Å². The first kappa shape index (κ1) is 16.2. The molecule has 0 fully saturated rings. The molecular weight excluding hydrogens is 258 g/mol. The molecule has 0 radical (unpaired) electrons. The number of aliphatic carboxylic acids is 1. The number of carbonyl (C=O) groups is 2. The number of carbonyl (C=O) groups excluding carboxylic acids is 1. The van der Waals surface area contributed by atoms with E-state index in [4.69, 9.17) is 15.9 Å². The number of benzene rings is 1. The van der Waals surface area contributed by atoms with Crippen molar-refractivity contribution in [2.75, 3.05) is 0 Å². The van der Waals surface area contributed by atoms with Crippen LogP contribution in [0.2, 0.25) is 0 Å². The van der Waals surface area contributed by atoms with Crippen LogP contribution in [-0.2, 0) is 4.79 Å². The zero-order valence-electron chi connectivity index (χ0n) is 11.4. The Morgan fingerprint density at radius 2 is 1.65 bits per heavy atom. The van der Waals surface area contributed by atoms with Gasteiger partial charge in [0, 0.05) is 12.0 Å². The van der Waals surface area contributed by atoms with Gasteiger partial charge in [-0.3, -0.25) is 9.59 Å². The Morgan fingerprint density at radius 3 is 2.25 bits per heavy atom. The number of hydrogen-bond acceptors (Lipinski definition) is 4. The van der Waals surface area contributed by atoms with Gasteiger partial charge in [0.15, 0.2) is 5.78 Å². The zero-order valence-corrected chi connectivity index (χ0v) is 11.4. The van der Waals surface area contributed by atoms with Gasteiger partial charge in [-0.2, -0.15) is 0 Å². The van der Waals surface area contributed by atoms with Crippen LogP contribution in [0.4, 0.5) is 0 Å². The van der Waals surface area contributed by atoms with Crippen LogP contribution in [-0.4, -0.2) is 28.0 Å². The number of ketones is 1. The number of unbranched alkanes of at least 4 members (excludes halogenated alkanes) is 3. The summed E-state index contributed by atoms with van der Waals surface area (Å²) in [5.74, 6) is -0.754. The van der Waals surface area contributed by atoms with Crippen LogP contribution in [0.25, 0.3) is 0 Å². The van der Waals surface area contributed by atoms with Crippen LogP contribution in [0.1, 0.15) is 48.9 Å². The number of carboxylic acids is 1. The number of aromatic hydroxyl groups is 1.